The molecular weight excluding hydrogens is 292 g/mol. The Morgan fingerprint density at radius 2 is 2.00 bits per heavy atom. The first kappa shape index (κ1) is 18.3. The van der Waals surface area contributed by atoms with Gasteiger partial charge in [0.2, 0.25) is 0 Å². The maximum absolute atomic E-state index is 4.30. The number of benzene rings is 1. The van der Waals surface area contributed by atoms with Gasteiger partial charge in [0, 0.05) is 35.3 Å². The highest BCUT2D eigenvalue weighted by atomic mass is 14.9. The summed E-state index contributed by atoms with van der Waals surface area (Å²) in [4.78, 5) is 4.30. The van der Waals surface area contributed by atoms with Crippen molar-refractivity contribution in [1.29, 1.82) is 0 Å². The van der Waals surface area contributed by atoms with Crippen molar-refractivity contribution < 1.29 is 0 Å². The van der Waals surface area contributed by atoms with Crippen molar-refractivity contribution in [3.63, 3.8) is 0 Å². The van der Waals surface area contributed by atoms with E-state index in [9.17, 15) is 0 Å². The summed E-state index contributed by atoms with van der Waals surface area (Å²) in [5.74, 6) is 0. The van der Waals surface area contributed by atoms with Crippen LogP contribution in [0.15, 0.2) is 36.7 Å². The zero-order valence-corrected chi connectivity index (χ0v) is 15.9. The van der Waals surface area contributed by atoms with Crippen molar-refractivity contribution >= 4 is 5.70 Å². The van der Waals surface area contributed by atoms with Gasteiger partial charge in [0.1, 0.15) is 0 Å². The first-order valence-corrected chi connectivity index (χ1v) is 9.00. The van der Waals surface area contributed by atoms with Crippen LogP contribution in [-0.4, -0.2) is 11.0 Å². The van der Waals surface area contributed by atoms with Crippen LogP contribution in [0.5, 0.6) is 0 Å². The Labute approximate surface area is 147 Å². The molecule has 0 saturated carbocycles. The van der Waals surface area contributed by atoms with E-state index < -0.39 is 0 Å². The smallest absolute Gasteiger partial charge is 0.0380 e. The molecule has 0 aliphatic carbocycles. The summed E-state index contributed by atoms with van der Waals surface area (Å²) in [6.07, 6.45) is 8.14. The molecule has 0 aliphatic rings. The first-order valence-electron chi connectivity index (χ1n) is 9.00. The minimum absolute atomic E-state index is 0.421. The van der Waals surface area contributed by atoms with Crippen molar-refractivity contribution in [2.24, 2.45) is 0 Å². The SMILES string of the molecule is CC/C=C(\NC(C)C)c1c(C)cc(-c2cccnc2)c(CC)c1C. The van der Waals surface area contributed by atoms with Crippen LogP contribution in [0.3, 0.4) is 0 Å². The number of pyridine rings is 1. The topological polar surface area (TPSA) is 24.9 Å². The lowest BCUT2D eigenvalue weighted by molar-refractivity contribution is 0.714. The molecule has 2 aromatic rings. The fourth-order valence-electron chi connectivity index (χ4n) is 3.42. The van der Waals surface area contributed by atoms with Crippen LogP contribution in [0.4, 0.5) is 0 Å². The lowest BCUT2D eigenvalue weighted by Gasteiger charge is -2.23. The second kappa shape index (κ2) is 8.14. The average Bonchev–Trinajstić information content (AvgIpc) is 2.55. The van der Waals surface area contributed by atoms with Crippen LogP contribution in [0.1, 0.15) is 56.4 Å². The quantitative estimate of drug-likeness (QED) is 0.740. The number of rotatable bonds is 6. The van der Waals surface area contributed by atoms with E-state index in [0.29, 0.717) is 6.04 Å². The minimum Gasteiger partial charge on any atom is -0.383 e. The molecule has 1 aromatic heterocycles. The molecule has 2 rings (SSSR count). The Bertz CT molecular complexity index is 712. The number of hydrogen-bond acceptors (Lipinski definition) is 2. The molecule has 2 heteroatoms. The summed E-state index contributed by atoms with van der Waals surface area (Å²) < 4.78 is 0. The van der Waals surface area contributed by atoms with E-state index in [4.69, 9.17) is 0 Å². The summed E-state index contributed by atoms with van der Waals surface area (Å²) in [7, 11) is 0. The summed E-state index contributed by atoms with van der Waals surface area (Å²) >= 11 is 0. The third kappa shape index (κ3) is 3.87. The molecule has 1 heterocycles. The zero-order chi connectivity index (χ0) is 17.7. The summed E-state index contributed by atoms with van der Waals surface area (Å²) in [5, 5.41) is 3.64. The normalized spacial score (nSPS) is 11.9. The lowest BCUT2D eigenvalue weighted by atomic mass is 9.87. The maximum atomic E-state index is 4.30. The molecule has 0 spiro atoms. The molecule has 0 radical (unpaired) electrons. The molecule has 1 aromatic carbocycles. The van der Waals surface area contributed by atoms with Crippen LogP contribution < -0.4 is 5.32 Å². The fraction of sp³-hybridized carbons (Fsp3) is 0.409. The van der Waals surface area contributed by atoms with Gasteiger partial charge in [-0.05, 0) is 68.9 Å². The number of aryl methyl sites for hydroxylation is 1. The molecule has 0 amide bonds. The number of nitrogens with one attached hydrogen (secondary N) is 1. The largest absolute Gasteiger partial charge is 0.383 e. The van der Waals surface area contributed by atoms with Crippen molar-refractivity contribution in [2.45, 2.75) is 60.4 Å². The molecule has 0 unspecified atom stereocenters. The highest BCUT2D eigenvalue weighted by Crippen LogP contribution is 2.33. The van der Waals surface area contributed by atoms with E-state index >= 15 is 0 Å². The van der Waals surface area contributed by atoms with Crippen LogP contribution in [0, 0.1) is 13.8 Å². The number of hydrogen-bond donors (Lipinski definition) is 1. The van der Waals surface area contributed by atoms with Gasteiger partial charge in [-0.15, -0.1) is 0 Å². The molecule has 128 valence electrons. The van der Waals surface area contributed by atoms with E-state index in [0.717, 1.165) is 12.8 Å². The number of nitrogens with zero attached hydrogens (tertiary/aromatic N) is 1. The van der Waals surface area contributed by atoms with E-state index in [1.807, 2.05) is 18.5 Å². The minimum atomic E-state index is 0.421. The van der Waals surface area contributed by atoms with Gasteiger partial charge in [-0.1, -0.05) is 32.1 Å². The average molecular weight is 322 g/mol. The second-order valence-electron chi connectivity index (χ2n) is 6.64. The van der Waals surface area contributed by atoms with Gasteiger partial charge in [0.25, 0.3) is 0 Å². The van der Waals surface area contributed by atoms with Gasteiger partial charge in [0.15, 0.2) is 0 Å². The fourth-order valence-corrected chi connectivity index (χ4v) is 3.42. The maximum Gasteiger partial charge on any atom is 0.0380 e. The molecule has 0 aliphatic heterocycles. The van der Waals surface area contributed by atoms with Crippen LogP contribution in [-0.2, 0) is 6.42 Å². The van der Waals surface area contributed by atoms with Gasteiger partial charge >= 0.3 is 0 Å². The predicted octanol–water partition coefficient (Wildman–Crippen LogP) is 5.68. The van der Waals surface area contributed by atoms with Crippen molar-refractivity contribution in [1.82, 2.24) is 10.3 Å². The molecule has 0 saturated heterocycles. The Balaban J connectivity index is 2.66. The summed E-state index contributed by atoms with van der Waals surface area (Å²) in [5.41, 5.74) is 9.23. The summed E-state index contributed by atoms with van der Waals surface area (Å²) in [6, 6.07) is 6.90. The van der Waals surface area contributed by atoms with E-state index in [2.05, 4.69) is 70.1 Å². The van der Waals surface area contributed by atoms with Crippen LogP contribution >= 0.6 is 0 Å². The van der Waals surface area contributed by atoms with Crippen LogP contribution in [0.2, 0.25) is 0 Å². The van der Waals surface area contributed by atoms with Crippen molar-refractivity contribution in [3.8, 4) is 11.1 Å². The monoisotopic (exact) mass is 322 g/mol. The van der Waals surface area contributed by atoms with E-state index in [1.165, 1.54) is 39.1 Å². The van der Waals surface area contributed by atoms with E-state index in [1.54, 1.807) is 0 Å². The molecule has 0 fully saturated rings. The Morgan fingerprint density at radius 3 is 2.54 bits per heavy atom. The Hall–Kier alpha value is -2.09. The highest BCUT2D eigenvalue weighted by molar-refractivity contribution is 5.78. The van der Waals surface area contributed by atoms with E-state index in [-0.39, 0.29) is 0 Å². The third-order valence-electron chi connectivity index (χ3n) is 4.36. The number of aromatic nitrogens is 1. The summed E-state index contributed by atoms with van der Waals surface area (Å²) in [6.45, 7) is 13.3. The van der Waals surface area contributed by atoms with Gasteiger partial charge < -0.3 is 5.32 Å². The third-order valence-corrected chi connectivity index (χ3v) is 4.36. The molecule has 2 nitrogen and oxygen atoms in total. The van der Waals surface area contributed by atoms with Gasteiger partial charge in [-0.3, -0.25) is 4.98 Å². The molecular formula is C22H30N2. The van der Waals surface area contributed by atoms with Crippen molar-refractivity contribution in [3.05, 3.63) is 58.9 Å². The second-order valence-corrected chi connectivity index (χ2v) is 6.64. The van der Waals surface area contributed by atoms with Crippen molar-refractivity contribution in [2.75, 3.05) is 0 Å². The molecule has 0 bridgehead atoms. The molecule has 24 heavy (non-hydrogen) atoms. The highest BCUT2D eigenvalue weighted by Gasteiger charge is 2.16. The molecule has 0 atom stereocenters. The van der Waals surface area contributed by atoms with Gasteiger partial charge in [-0.25, -0.2) is 0 Å². The Morgan fingerprint density at radius 1 is 1.25 bits per heavy atom. The number of allylic oxidation sites excluding steroid dienone is 1. The zero-order valence-electron chi connectivity index (χ0n) is 15.9. The molecule has 1 N–H and O–H groups in total. The lowest BCUT2D eigenvalue weighted by Crippen LogP contribution is -2.22. The first-order chi connectivity index (χ1) is 11.5. The van der Waals surface area contributed by atoms with Gasteiger partial charge in [-0.2, -0.15) is 0 Å². The van der Waals surface area contributed by atoms with Crippen LogP contribution in [0.25, 0.3) is 16.8 Å². The predicted molar refractivity (Wildman–Crippen MR) is 105 cm³/mol. The van der Waals surface area contributed by atoms with Gasteiger partial charge in [0.05, 0.1) is 0 Å². The Kier molecular flexibility index (Phi) is 6.19. The standard InChI is InChI=1S/C22H30N2/c1-7-10-21(24-15(3)4)22-16(5)13-20(19(8-2)17(22)6)18-11-9-12-23-14-18/h9-15,24H,7-8H2,1-6H3/b21-10-.